The van der Waals surface area contributed by atoms with Gasteiger partial charge in [0.15, 0.2) is 5.82 Å². The van der Waals surface area contributed by atoms with Crippen LogP contribution in [0, 0.1) is 0 Å². The molecule has 0 amide bonds. The van der Waals surface area contributed by atoms with Gasteiger partial charge in [-0.05, 0) is 59.8 Å². The number of nitrogens with one attached hydrogen (secondary N) is 1. The lowest BCUT2D eigenvalue weighted by Crippen LogP contribution is -2.36. The number of hydrogen-bond acceptors (Lipinski definition) is 9. The van der Waals surface area contributed by atoms with E-state index < -0.39 is 25.6 Å². The summed E-state index contributed by atoms with van der Waals surface area (Å²) < 4.78 is 39.0. The molecule has 3 atom stereocenters. The van der Waals surface area contributed by atoms with Crippen molar-refractivity contribution in [3.05, 3.63) is 66.7 Å². The Morgan fingerprint density at radius 3 is 2.62 bits per heavy atom. The normalized spacial score (nSPS) is 15.3. The number of aromatic nitrogens is 3. The number of nitrogen functional groups attached to an aromatic ring is 1. The molecule has 0 saturated heterocycles. The standard InChI is InChI=1S/C30H42N5O6P/c1-8-11-14-23(9-2)41-42(37,34-22(7)30(36)40-20(4)5)19-39-21(6)17-35-26(18-38-10-3)33-27-28(35)24-15-12-13-16-25(24)32-29(27)31/h8-9,11-16,20-22H,2,10,17-19H2,1,3-7H3,(H2,31,32)(H,34,37)/b11-8-,23-14+. The SMILES string of the molecule is C=C/C(=C\C=C/C)OP(=O)(COC(C)Cn1c(COCC)nc2c(N)nc3ccccc3c21)NC(C)C(=O)OC(C)C. The van der Waals surface area contributed by atoms with Gasteiger partial charge < -0.3 is 29.0 Å². The van der Waals surface area contributed by atoms with Gasteiger partial charge in [-0.15, -0.1) is 0 Å². The highest BCUT2D eigenvalue weighted by molar-refractivity contribution is 7.56. The van der Waals surface area contributed by atoms with Crippen LogP contribution in [-0.4, -0.2) is 51.7 Å². The van der Waals surface area contributed by atoms with E-state index in [0.717, 1.165) is 16.4 Å². The predicted octanol–water partition coefficient (Wildman–Crippen LogP) is 5.85. The molecule has 0 saturated carbocycles. The van der Waals surface area contributed by atoms with E-state index in [4.69, 9.17) is 29.5 Å². The first-order valence-electron chi connectivity index (χ1n) is 14.0. The first-order valence-corrected chi connectivity index (χ1v) is 15.8. The van der Waals surface area contributed by atoms with E-state index in [2.05, 4.69) is 16.7 Å². The zero-order chi connectivity index (χ0) is 30.9. The Kier molecular flexibility index (Phi) is 11.9. The number of hydrogen-bond donors (Lipinski definition) is 2. The number of benzene rings is 1. The fourth-order valence-electron chi connectivity index (χ4n) is 4.21. The van der Waals surface area contributed by atoms with Gasteiger partial charge in [0, 0.05) is 12.0 Å². The Morgan fingerprint density at radius 1 is 1.21 bits per heavy atom. The highest BCUT2D eigenvalue weighted by Gasteiger charge is 2.32. The van der Waals surface area contributed by atoms with Crippen molar-refractivity contribution in [2.24, 2.45) is 0 Å². The Hall–Kier alpha value is -3.50. The summed E-state index contributed by atoms with van der Waals surface area (Å²) in [5.41, 5.74) is 8.43. The quantitative estimate of drug-likeness (QED) is 0.0892. The third kappa shape index (κ3) is 8.51. The minimum Gasteiger partial charge on any atom is -0.462 e. The van der Waals surface area contributed by atoms with Crippen LogP contribution in [0.1, 0.15) is 47.4 Å². The summed E-state index contributed by atoms with van der Waals surface area (Å²) in [6.07, 6.45) is 5.49. The number of ether oxygens (including phenoxy) is 3. The summed E-state index contributed by atoms with van der Waals surface area (Å²) in [6.45, 7) is 15.5. The van der Waals surface area contributed by atoms with Gasteiger partial charge in [0.25, 0.3) is 0 Å². The zero-order valence-corrected chi connectivity index (χ0v) is 26.1. The van der Waals surface area contributed by atoms with Crippen molar-refractivity contribution in [3.63, 3.8) is 0 Å². The van der Waals surface area contributed by atoms with Crippen molar-refractivity contribution in [2.45, 2.75) is 72.9 Å². The third-order valence-corrected chi connectivity index (χ3v) is 7.87. The number of carbonyl (C=O) groups excluding carboxylic acids is 1. The molecule has 2 heterocycles. The van der Waals surface area contributed by atoms with Crippen LogP contribution in [0.15, 0.2) is 60.9 Å². The van der Waals surface area contributed by atoms with E-state index in [0.29, 0.717) is 30.3 Å². The number of para-hydroxylation sites is 1. The maximum atomic E-state index is 14.1. The lowest BCUT2D eigenvalue weighted by molar-refractivity contribution is -0.149. The molecule has 0 aliphatic rings. The molecule has 12 heteroatoms. The second-order valence-electron chi connectivity index (χ2n) is 9.99. The van der Waals surface area contributed by atoms with Gasteiger partial charge in [-0.2, -0.15) is 0 Å². The topological polar surface area (TPSA) is 140 Å². The van der Waals surface area contributed by atoms with Gasteiger partial charge in [-0.25, -0.2) is 15.1 Å². The average molecular weight is 600 g/mol. The van der Waals surface area contributed by atoms with Crippen molar-refractivity contribution in [1.82, 2.24) is 19.6 Å². The van der Waals surface area contributed by atoms with Crippen molar-refractivity contribution < 1.29 is 28.1 Å². The van der Waals surface area contributed by atoms with Crippen LogP contribution in [0.25, 0.3) is 21.9 Å². The van der Waals surface area contributed by atoms with Gasteiger partial charge >= 0.3 is 13.5 Å². The van der Waals surface area contributed by atoms with E-state index in [-0.39, 0.29) is 24.8 Å². The van der Waals surface area contributed by atoms with Crippen LogP contribution in [0.2, 0.25) is 0 Å². The summed E-state index contributed by atoms with van der Waals surface area (Å²) >= 11 is 0. The lowest BCUT2D eigenvalue weighted by atomic mass is 10.2. The molecule has 3 rings (SSSR count). The largest absolute Gasteiger partial charge is 0.462 e. The molecule has 0 aliphatic carbocycles. The molecule has 0 bridgehead atoms. The fraction of sp³-hybridized carbons (Fsp3) is 0.433. The van der Waals surface area contributed by atoms with Gasteiger partial charge in [-0.1, -0.05) is 36.9 Å². The van der Waals surface area contributed by atoms with E-state index in [1.165, 1.54) is 6.08 Å². The van der Waals surface area contributed by atoms with Crippen LogP contribution < -0.4 is 10.8 Å². The van der Waals surface area contributed by atoms with E-state index in [1.54, 1.807) is 39.0 Å². The zero-order valence-electron chi connectivity index (χ0n) is 25.2. The molecule has 3 N–H and O–H groups in total. The molecular weight excluding hydrogens is 557 g/mol. The van der Waals surface area contributed by atoms with E-state index in [9.17, 15) is 9.36 Å². The number of rotatable bonds is 16. The maximum Gasteiger partial charge on any atom is 0.342 e. The minimum atomic E-state index is -3.78. The second-order valence-corrected chi connectivity index (χ2v) is 12.0. The molecule has 42 heavy (non-hydrogen) atoms. The van der Waals surface area contributed by atoms with E-state index in [1.807, 2.05) is 49.6 Å². The minimum absolute atomic E-state index is 0.263. The number of fused-ring (bicyclic) bond motifs is 3. The number of allylic oxidation sites excluding steroid dienone is 4. The van der Waals surface area contributed by atoms with E-state index >= 15 is 0 Å². The van der Waals surface area contributed by atoms with Crippen molar-refractivity contribution in [1.29, 1.82) is 0 Å². The van der Waals surface area contributed by atoms with Gasteiger partial charge in [0.05, 0.1) is 29.8 Å². The molecule has 228 valence electrons. The first kappa shape index (κ1) is 33.0. The van der Waals surface area contributed by atoms with Crippen LogP contribution in [0.5, 0.6) is 0 Å². The number of imidazole rings is 1. The summed E-state index contributed by atoms with van der Waals surface area (Å²) in [5, 5.41) is 3.70. The number of nitrogens with zero attached hydrogens (tertiary/aromatic N) is 3. The Labute approximate surface area is 247 Å². The Morgan fingerprint density at radius 2 is 1.95 bits per heavy atom. The van der Waals surface area contributed by atoms with Crippen molar-refractivity contribution >= 4 is 41.2 Å². The summed E-state index contributed by atoms with van der Waals surface area (Å²) in [6, 6.07) is 6.78. The fourth-order valence-corrected chi connectivity index (χ4v) is 6.01. The molecule has 1 aromatic carbocycles. The lowest BCUT2D eigenvalue weighted by Gasteiger charge is -2.26. The average Bonchev–Trinajstić information content (AvgIpc) is 3.31. The van der Waals surface area contributed by atoms with Crippen LogP contribution in [0.3, 0.4) is 0 Å². The highest BCUT2D eigenvalue weighted by Crippen LogP contribution is 2.46. The monoisotopic (exact) mass is 599 g/mol. The first-order chi connectivity index (χ1) is 20.0. The second kappa shape index (κ2) is 15.1. The number of esters is 1. The highest BCUT2D eigenvalue weighted by atomic mass is 31.2. The molecule has 0 fully saturated rings. The van der Waals surface area contributed by atoms with Crippen molar-refractivity contribution in [3.8, 4) is 0 Å². The number of anilines is 1. The van der Waals surface area contributed by atoms with Crippen molar-refractivity contribution in [2.75, 3.05) is 18.7 Å². The van der Waals surface area contributed by atoms with Gasteiger partial charge in [0.2, 0.25) is 0 Å². The summed E-state index contributed by atoms with van der Waals surface area (Å²) in [7, 11) is -3.78. The van der Waals surface area contributed by atoms with Gasteiger partial charge in [-0.3, -0.25) is 9.36 Å². The predicted molar refractivity (Wildman–Crippen MR) is 166 cm³/mol. The Balaban J connectivity index is 1.91. The molecule has 3 aromatic rings. The van der Waals surface area contributed by atoms with Gasteiger partial charge in [0.1, 0.15) is 36.1 Å². The molecule has 11 nitrogen and oxygen atoms in total. The molecule has 2 aromatic heterocycles. The smallest absolute Gasteiger partial charge is 0.342 e. The summed E-state index contributed by atoms with van der Waals surface area (Å²) in [4.78, 5) is 21.8. The van der Waals surface area contributed by atoms with Crippen LogP contribution in [-0.2, 0) is 41.2 Å². The molecule has 0 aliphatic heterocycles. The van der Waals surface area contributed by atoms with Crippen LogP contribution >= 0.6 is 7.52 Å². The maximum absolute atomic E-state index is 14.1. The molecule has 0 spiro atoms. The number of pyridine rings is 1. The Bertz CT molecular complexity index is 1500. The third-order valence-electron chi connectivity index (χ3n) is 6.10. The number of carbonyl (C=O) groups is 1. The molecule has 3 unspecified atom stereocenters. The van der Waals surface area contributed by atoms with Crippen LogP contribution in [0.4, 0.5) is 5.82 Å². The molecular formula is C30H42N5O6P. The number of nitrogens with two attached hydrogens (primary N) is 1. The summed E-state index contributed by atoms with van der Waals surface area (Å²) in [5.74, 6) is 0.697. The molecule has 0 radical (unpaired) electrons.